The number of benzene rings is 2. The van der Waals surface area contributed by atoms with Crippen molar-refractivity contribution in [2.24, 2.45) is 5.73 Å². The summed E-state index contributed by atoms with van der Waals surface area (Å²) in [6, 6.07) is 10.9. The van der Waals surface area contributed by atoms with Gasteiger partial charge in [0, 0.05) is 29.4 Å². The summed E-state index contributed by atoms with van der Waals surface area (Å²) in [4.78, 5) is 21.5. The first-order valence-corrected chi connectivity index (χ1v) is 6.42. The first kappa shape index (κ1) is 14.8. The van der Waals surface area contributed by atoms with Crippen molar-refractivity contribution in [3.63, 3.8) is 0 Å². The molecule has 0 atom stereocenters. The van der Waals surface area contributed by atoms with E-state index in [1.165, 1.54) is 18.2 Å². The standard InChI is InChI=1S/C14H12ClN3O3/c15-10-3-6-13(12(7-10)14(16)19)17-8-9-1-4-11(5-2-9)18(20)21/h1-7,17H,8H2,(H2,16,19). The molecule has 1 amide bonds. The molecule has 2 aromatic rings. The van der Waals surface area contributed by atoms with Gasteiger partial charge in [-0.15, -0.1) is 0 Å². The van der Waals surface area contributed by atoms with Crippen LogP contribution in [-0.2, 0) is 6.54 Å². The number of nitrogens with two attached hydrogens (primary N) is 1. The number of hydrogen-bond acceptors (Lipinski definition) is 4. The SMILES string of the molecule is NC(=O)c1cc(Cl)ccc1NCc1ccc([N+](=O)[O-])cc1. The molecule has 0 unspecified atom stereocenters. The van der Waals surface area contributed by atoms with Crippen LogP contribution in [0, 0.1) is 10.1 Å². The summed E-state index contributed by atoms with van der Waals surface area (Å²) in [6.45, 7) is 0.403. The van der Waals surface area contributed by atoms with Crippen molar-refractivity contribution in [1.29, 1.82) is 0 Å². The van der Waals surface area contributed by atoms with Crippen molar-refractivity contribution in [2.45, 2.75) is 6.54 Å². The molecule has 0 aliphatic rings. The second-order valence-electron chi connectivity index (χ2n) is 4.33. The van der Waals surface area contributed by atoms with Crippen LogP contribution in [0.2, 0.25) is 5.02 Å². The smallest absolute Gasteiger partial charge is 0.269 e. The van der Waals surface area contributed by atoms with Crippen LogP contribution in [0.3, 0.4) is 0 Å². The lowest BCUT2D eigenvalue weighted by molar-refractivity contribution is -0.384. The average molecular weight is 306 g/mol. The molecule has 0 fully saturated rings. The van der Waals surface area contributed by atoms with Crippen molar-refractivity contribution < 1.29 is 9.72 Å². The Kier molecular flexibility index (Phi) is 4.39. The van der Waals surface area contributed by atoms with Crippen molar-refractivity contribution in [2.75, 3.05) is 5.32 Å². The van der Waals surface area contributed by atoms with Crippen molar-refractivity contribution in [3.05, 3.63) is 68.7 Å². The minimum atomic E-state index is -0.580. The van der Waals surface area contributed by atoms with Crippen LogP contribution in [0.15, 0.2) is 42.5 Å². The van der Waals surface area contributed by atoms with Gasteiger partial charge in [0.05, 0.1) is 10.5 Å². The third-order valence-corrected chi connectivity index (χ3v) is 3.11. The number of primary amides is 1. The number of hydrogen-bond donors (Lipinski definition) is 2. The van der Waals surface area contributed by atoms with Gasteiger partial charge in [0.25, 0.3) is 11.6 Å². The first-order chi connectivity index (χ1) is 9.97. The molecule has 0 saturated carbocycles. The minimum Gasteiger partial charge on any atom is -0.380 e. The van der Waals surface area contributed by atoms with E-state index in [2.05, 4.69) is 5.32 Å². The van der Waals surface area contributed by atoms with E-state index >= 15 is 0 Å². The van der Waals surface area contributed by atoms with Crippen LogP contribution in [0.1, 0.15) is 15.9 Å². The lowest BCUT2D eigenvalue weighted by atomic mass is 10.1. The lowest BCUT2D eigenvalue weighted by Crippen LogP contribution is -2.14. The molecular weight excluding hydrogens is 294 g/mol. The van der Waals surface area contributed by atoms with E-state index in [0.717, 1.165) is 5.56 Å². The van der Waals surface area contributed by atoms with Crippen LogP contribution in [0.5, 0.6) is 0 Å². The third kappa shape index (κ3) is 3.70. The highest BCUT2D eigenvalue weighted by atomic mass is 35.5. The summed E-state index contributed by atoms with van der Waals surface area (Å²) in [5.41, 5.74) is 7.02. The van der Waals surface area contributed by atoms with Crippen LogP contribution in [0.25, 0.3) is 0 Å². The Morgan fingerprint density at radius 2 is 1.90 bits per heavy atom. The Balaban J connectivity index is 2.13. The normalized spacial score (nSPS) is 10.1. The molecule has 0 aliphatic carbocycles. The third-order valence-electron chi connectivity index (χ3n) is 2.88. The number of non-ortho nitro benzene ring substituents is 1. The second-order valence-corrected chi connectivity index (χ2v) is 4.77. The van der Waals surface area contributed by atoms with Crippen LogP contribution in [0.4, 0.5) is 11.4 Å². The summed E-state index contributed by atoms with van der Waals surface area (Å²) in [5, 5.41) is 14.0. The fraction of sp³-hybridized carbons (Fsp3) is 0.0714. The molecule has 6 nitrogen and oxygen atoms in total. The van der Waals surface area contributed by atoms with E-state index in [1.54, 1.807) is 24.3 Å². The molecule has 0 aliphatic heterocycles. The Morgan fingerprint density at radius 1 is 1.24 bits per heavy atom. The molecule has 0 heterocycles. The highest BCUT2D eigenvalue weighted by Gasteiger charge is 2.09. The van der Waals surface area contributed by atoms with Gasteiger partial charge in [-0.25, -0.2) is 0 Å². The fourth-order valence-electron chi connectivity index (χ4n) is 1.81. The van der Waals surface area contributed by atoms with Gasteiger partial charge >= 0.3 is 0 Å². The molecule has 0 radical (unpaired) electrons. The van der Waals surface area contributed by atoms with E-state index in [0.29, 0.717) is 22.8 Å². The number of nitro groups is 1. The summed E-state index contributed by atoms with van der Waals surface area (Å²) in [6.07, 6.45) is 0. The Morgan fingerprint density at radius 3 is 2.48 bits per heavy atom. The quantitative estimate of drug-likeness (QED) is 0.655. The maximum absolute atomic E-state index is 11.4. The van der Waals surface area contributed by atoms with Gasteiger partial charge in [0.15, 0.2) is 0 Å². The van der Waals surface area contributed by atoms with Crippen molar-refractivity contribution >= 4 is 28.9 Å². The van der Waals surface area contributed by atoms with Gasteiger partial charge in [-0.1, -0.05) is 23.7 Å². The number of carbonyl (C=O) groups is 1. The van der Waals surface area contributed by atoms with Gasteiger partial charge in [0.1, 0.15) is 0 Å². The zero-order chi connectivity index (χ0) is 15.4. The summed E-state index contributed by atoms with van der Waals surface area (Å²) < 4.78 is 0. The minimum absolute atomic E-state index is 0.0306. The Hall–Kier alpha value is -2.60. The monoisotopic (exact) mass is 305 g/mol. The van der Waals surface area contributed by atoms with Crippen LogP contribution in [-0.4, -0.2) is 10.8 Å². The number of nitrogens with one attached hydrogen (secondary N) is 1. The number of nitro benzene ring substituents is 1. The van der Waals surface area contributed by atoms with Gasteiger partial charge in [-0.3, -0.25) is 14.9 Å². The molecule has 2 aromatic carbocycles. The molecule has 7 heteroatoms. The van der Waals surface area contributed by atoms with Crippen LogP contribution < -0.4 is 11.1 Å². The molecule has 21 heavy (non-hydrogen) atoms. The zero-order valence-corrected chi connectivity index (χ0v) is 11.6. The molecule has 0 spiro atoms. The topological polar surface area (TPSA) is 98.3 Å². The number of nitrogens with zero attached hydrogens (tertiary/aromatic N) is 1. The molecule has 0 bridgehead atoms. The van der Waals surface area contributed by atoms with Gasteiger partial charge in [0.2, 0.25) is 0 Å². The van der Waals surface area contributed by atoms with E-state index in [1.807, 2.05) is 0 Å². The average Bonchev–Trinajstić information content (AvgIpc) is 2.46. The van der Waals surface area contributed by atoms with Crippen molar-refractivity contribution in [3.8, 4) is 0 Å². The zero-order valence-electron chi connectivity index (χ0n) is 10.9. The Labute approximate surface area is 125 Å². The molecule has 0 aromatic heterocycles. The number of carbonyl (C=O) groups excluding carboxylic acids is 1. The number of halogens is 1. The van der Waals surface area contributed by atoms with Gasteiger partial charge < -0.3 is 11.1 Å². The highest BCUT2D eigenvalue weighted by molar-refractivity contribution is 6.31. The summed E-state index contributed by atoms with van der Waals surface area (Å²) in [7, 11) is 0. The second kappa shape index (κ2) is 6.23. The van der Waals surface area contributed by atoms with Gasteiger partial charge in [-0.05, 0) is 23.8 Å². The number of amides is 1. The number of rotatable bonds is 5. The fourth-order valence-corrected chi connectivity index (χ4v) is 1.98. The first-order valence-electron chi connectivity index (χ1n) is 6.04. The Bertz CT molecular complexity index is 686. The highest BCUT2D eigenvalue weighted by Crippen LogP contribution is 2.21. The molecule has 3 N–H and O–H groups in total. The lowest BCUT2D eigenvalue weighted by Gasteiger charge is -2.10. The maximum Gasteiger partial charge on any atom is 0.269 e. The van der Waals surface area contributed by atoms with Crippen LogP contribution >= 0.6 is 11.6 Å². The molecule has 2 rings (SSSR count). The predicted octanol–water partition coefficient (Wildman–Crippen LogP) is 2.96. The number of anilines is 1. The largest absolute Gasteiger partial charge is 0.380 e. The van der Waals surface area contributed by atoms with Crippen molar-refractivity contribution in [1.82, 2.24) is 0 Å². The molecule has 108 valence electrons. The molecule has 0 saturated heterocycles. The van der Waals surface area contributed by atoms with E-state index in [9.17, 15) is 14.9 Å². The maximum atomic E-state index is 11.4. The summed E-state index contributed by atoms with van der Waals surface area (Å²) >= 11 is 5.83. The predicted molar refractivity (Wildman–Crippen MR) is 80.4 cm³/mol. The van der Waals surface area contributed by atoms with E-state index < -0.39 is 10.8 Å². The summed E-state index contributed by atoms with van der Waals surface area (Å²) in [5.74, 6) is -0.580. The van der Waals surface area contributed by atoms with Gasteiger partial charge in [-0.2, -0.15) is 0 Å². The van der Waals surface area contributed by atoms with E-state index in [-0.39, 0.29) is 5.69 Å². The molecular formula is C14H12ClN3O3. The van der Waals surface area contributed by atoms with E-state index in [4.69, 9.17) is 17.3 Å².